The van der Waals surface area contributed by atoms with E-state index < -0.39 is 60.4 Å². The summed E-state index contributed by atoms with van der Waals surface area (Å²) in [4.78, 5) is 13.5. The summed E-state index contributed by atoms with van der Waals surface area (Å²) in [5.74, 6) is -0.581. The van der Waals surface area contributed by atoms with Crippen molar-refractivity contribution in [2.75, 3.05) is 0 Å². The second-order valence-corrected chi connectivity index (χ2v) is 9.63. The summed E-state index contributed by atoms with van der Waals surface area (Å²) in [6.45, 7) is 0. The van der Waals surface area contributed by atoms with Crippen molar-refractivity contribution in [1.82, 2.24) is 15.0 Å². The van der Waals surface area contributed by atoms with E-state index in [1.54, 1.807) is 42.5 Å². The van der Waals surface area contributed by atoms with Gasteiger partial charge in [-0.3, -0.25) is 0 Å². The molecule has 0 fully saturated rings. The molecule has 0 aliphatic carbocycles. The molecule has 0 saturated carbocycles. The number of hydrogen-bond donors (Lipinski definition) is 0. The molecule has 0 amide bonds. The van der Waals surface area contributed by atoms with E-state index in [4.69, 9.17) is 16.8 Å². The fourth-order valence-corrected chi connectivity index (χ4v) is 4.89. The number of rotatable bonds is 5. The highest BCUT2D eigenvalue weighted by Crippen LogP contribution is 2.38. The first-order valence-corrected chi connectivity index (χ1v) is 13.4. The van der Waals surface area contributed by atoms with Gasteiger partial charge in [0.2, 0.25) is 0 Å². The fourth-order valence-electron chi connectivity index (χ4n) is 4.89. The van der Waals surface area contributed by atoms with Gasteiger partial charge < -0.3 is 4.42 Å². The van der Waals surface area contributed by atoms with Crippen molar-refractivity contribution >= 4 is 21.9 Å². The molecule has 4 nitrogen and oxygen atoms in total. The summed E-state index contributed by atoms with van der Waals surface area (Å²) in [5.41, 5.74) is 2.12. The number of furan rings is 1. The van der Waals surface area contributed by atoms with Crippen LogP contribution >= 0.6 is 0 Å². The van der Waals surface area contributed by atoms with Gasteiger partial charge in [0.1, 0.15) is 11.2 Å². The lowest BCUT2D eigenvalue weighted by molar-refractivity contribution is 0.670. The van der Waals surface area contributed by atoms with Gasteiger partial charge in [0.25, 0.3) is 0 Å². The van der Waals surface area contributed by atoms with Crippen molar-refractivity contribution in [3.8, 4) is 56.4 Å². The lowest BCUT2D eigenvalue weighted by atomic mass is 9.97. The number of nitrogens with zero attached hydrogens (tertiary/aromatic N) is 3. The minimum Gasteiger partial charge on any atom is -0.455 e. The Labute approximate surface area is 264 Å². The molecule has 0 spiro atoms. The topological polar surface area (TPSA) is 51.8 Å². The van der Waals surface area contributed by atoms with Crippen LogP contribution < -0.4 is 0 Å². The minimum atomic E-state index is -0.604. The van der Waals surface area contributed by atoms with Crippen LogP contribution in [0.1, 0.15) is 15.1 Å². The van der Waals surface area contributed by atoms with E-state index in [-0.39, 0.29) is 62.1 Å². The smallest absolute Gasteiger partial charge is 0.164 e. The summed E-state index contributed by atoms with van der Waals surface area (Å²) < 4.78 is 102. The largest absolute Gasteiger partial charge is 0.455 e. The molecular formula is C39H25N3O. The van der Waals surface area contributed by atoms with Crippen molar-refractivity contribution < 1.29 is 19.5 Å². The maximum absolute atomic E-state index is 9.37. The monoisotopic (exact) mass is 562 g/mol. The molecule has 8 aromatic rings. The second kappa shape index (κ2) is 10.5. The Morgan fingerprint density at radius 1 is 0.465 bits per heavy atom. The lowest BCUT2D eigenvalue weighted by Crippen LogP contribution is -2.00. The number of aromatic nitrogens is 3. The third-order valence-electron chi connectivity index (χ3n) is 6.93. The molecule has 0 aliphatic rings. The van der Waals surface area contributed by atoms with Gasteiger partial charge in [-0.1, -0.05) is 133 Å². The molecule has 43 heavy (non-hydrogen) atoms. The number of fused-ring (bicyclic) bond motifs is 3. The Morgan fingerprint density at radius 2 is 1.12 bits per heavy atom. The van der Waals surface area contributed by atoms with Crippen molar-refractivity contribution in [3.05, 3.63) is 151 Å². The Balaban J connectivity index is 1.43. The minimum absolute atomic E-state index is 0.000187. The molecule has 0 radical (unpaired) electrons. The average molecular weight is 563 g/mol. The van der Waals surface area contributed by atoms with Crippen LogP contribution in [0.15, 0.2) is 156 Å². The molecule has 0 bridgehead atoms. The van der Waals surface area contributed by atoms with Gasteiger partial charge in [-0.05, 0) is 34.8 Å². The van der Waals surface area contributed by atoms with Gasteiger partial charge in [-0.15, -0.1) is 0 Å². The highest BCUT2D eigenvalue weighted by molar-refractivity contribution is 6.10. The van der Waals surface area contributed by atoms with Crippen molar-refractivity contribution in [3.63, 3.8) is 0 Å². The highest BCUT2D eigenvalue weighted by Gasteiger charge is 2.16. The number of hydrogen-bond acceptors (Lipinski definition) is 4. The van der Waals surface area contributed by atoms with Crippen molar-refractivity contribution in [2.24, 2.45) is 0 Å². The zero-order valence-electron chi connectivity index (χ0n) is 33.3. The van der Waals surface area contributed by atoms with Gasteiger partial charge in [0.15, 0.2) is 17.5 Å². The predicted molar refractivity (Wildman–Crippen MR) is 174 cm³/mol. The highest BCUT2D eigenvalue weighted by atomic mass is 16.3. The first kappa shape index (κ1) is 15.9. The molecule has 0 saturated heterocycles. The van der Waals surface area contributed by atoms with Crippen LogP contribution in [0.4, 0.5) is 0 Å². The summed E-state index contributed by atoms with van der Waals surface area (Å²) in [6.07, 6.45) is 0. The molecule has 6 aromatic carbocycles. The second-order valence-electron chi connectivity index (χ2n) is 9.63. The van der Waals surface area contributed by atoms with E-state index in [0.717, 1.165) is 11.1 Å². The Morgan fingerprint density at radius 3 is 1.88 bits per heavy atom. The number of para-hydroxylation sites is 1. The summed E-state index contributed by atoms with van der Waals surface area (Å²) in [7, 11) is 0. The van der Waals surface area contributed by atoms with Gasteiger partial charge in [-0.2, -0.15) is 0 Å². The average Bonchev–Trinajstić information content (AvgIpc) is 3.59. The van der Waals surface area contributed by atoms with E-state index >= 15 is 0 Å². The van der Waals surface area contributed by atoms with Gasteiger partial charge in [0.05, 0.1) is 15.1 Å². The van der Waals surface area contributed by atoms with Crippen LogP contribution in [0, 0.1) is 0 Å². The predicted octanol–water partition coefficient (Wildman–Crippen LogP) is 10.1. The van der Waals surface area contributed by atoms with Gasteiger partial charge >= 0.3 is 0 Å². The molecule has 202 valence electrons. The summed E-state index contributed by atoms with van der Waals surface area (Å²) >= 11 is 0. The van der Waals surface area contributed by atoms with Crippen LogP contribution in [-0.2, 0) is 0 Å². The summed E-state index contributed by atoms with van der Waals surface area (Å²) in [5, 5.41) is -0.0593. The van der Waals surface area contributed by atoms with Gasteiger partial charge in [-0.25, -0.2) is 15.0 Å². The number of benzene rings is 6. The van der Waals surface area contributed by atoms with Crippen molar-refractivity contribution in [1.29, 1.82) is 0 Å². The zero-order valence-corrected chi connectivity index (χ0v) is 22.3. The normalized spacial score (nSPS) is 14.8. The SMILES string of the molecule is [2H]c1c([2H])c([2H])c(-c2nc(-c3ccccc3)nc(-c3c([2H])c([2H])c4c(oc5c(-c6cccc(-c7ccccc7)c6)c([2H])c([2H])c([2H])c54)c3[2H])n2)c([2H])c1[2H]. The van der Waals surface area contributed by atoms with E-state index in [0.29, 0.717) is 11.1 Å². The van der Waals surface area contributed by atoms with E-state index in [2.05, 4.69) is 15.0 Å². The third-order valence-corrected chi connectivity index (χ3v) is 6.93. The quantitative estimate of drug-likeness (QED) is 0.209. The lowest BCUT2D eigenvalue weighted by Gasteiger charge is -2.08. The third kappa shape index (κ3) is 4.65. The van der Waals surface area contributed by atoms with Crippen LogP contribution in [0.2, 0.25) is 0 Å². The van der Waals surface area contributed by atoms with Crippen LogP contribution in [0.5, 0.6) is 0 Å². The zero-order chi connectivity index (χ0) is 38.2. The Kier molecular flexibility index (Phi) is 3.90. The molecule has 2 heterocycles. The molecule has 0 aliphatic heterocycles. The molecular weight excluding hydrogens is 526 g/mol. The Hall–Kier alpha value is -5.87. The van der Waals surface area contributed by atoms with Crippen LogP contribution in [-0.4, -0.2) is 15.0 Å². The molecule has 4 heteroatoms. The van der Waals surface area contributed by atoms with E-state index in [1.165, 1.54) is 0 Å². The van der Waals surface area contributed by atoms with E-state index in [9.17, 15) is 2.74 Å². The summed E-state index contributed by atoms with van der Waals surface area (Å²) in [6, 6.07) is 20.0. The van der Waals surface area contributed by atoms with Gasteiger partial charge in [0, 0.05) is 33.0 Å². The molecule has 2 aromatic heterocycles. The maximum atomic E-state index is 9.37. The molecule has 0 unspecified atom stereocenters. The Bertz CT molecular complexity index is 2820. The van der Waals surface area contributed by atoms with Crippen molar-refractivity contribution in [2.45, 2.75) is 0 Å². The fraction of sp³-hybridized carbons (Fsp3) is 0. The van der Waals surface area contributed by atoms with Crippen LogP contribution in [0.3, 0.4) is 0 Å². The van der Waals surface area contributed by atoms with E-state index in [1.807, 2.05) is 42.5 Å². The molecule has 0 N–H and O–H groups in total. The first-order valence-electron chi connectivity index (χ1n) is 18.9. The molecule has 8 rings (SSSR count). The van der Waals surface area contributed by atoms with Crippen LogP contribution in [0.25, 0.3) is 78.4 Å². The first-order chi connectivity index (χ1) is 25.9. The standard InChI is InChI=1S/C39H25N3O/c1-4-12-26(13-5-1)29-18-10-19-30(24-29)32-20-11-21-34-33-23-22-31(25-35(33)43-36(32)34)39-41-37(27-14-6-2-7-15-27)40-38(42-39)28-16-8-3-9-17-28/h1-25H/i2D,6D,7D,11D,14D,15D,20D,21D,22D,23D,25D. The maximum Gasteiger partial charge on any atom is 0.164 e. The molecule has 0 atom stereocenters.